The van der Waals surface area contributed by atoms with Gasteiger partial charge in [-0.25, -0.2) is 18.6 Å². The van der Waals surface area contributed by atoms with Crippen LogP contribution in [0.25, 0.3) is 0 Å². The zero-order valence-corrected chi connectivity index (χ0v) is 11.9. The van der Waals surface area contributed by atoms with Gasteiger partial charge in [-0.1, -0.05) is 11.8 Å². The summed E-state index contributed by atoms with van der Waals surface area (Å²) in [6.07, 6.45) is 1.36. The molecule has 110 valence electrons. The first-order valence-electron chi connectivity index (χ1n) is 6.07. The van der Waals surface area contributed by atoms with Crippen LogP contribution >= 0.6 is 11.8 Å². The second-order valence-electron chi connectivity index (χ2n) is 3.97. The van der Waals surface area contributed by atoms with Crippen LogP contribution in [-0.4, -0.2) is 17.6 Å². The summed E-state index contributed by atoms with van der Waals surface area (Å²) in [6, 6.07) is 4.49. The minimum absolute atomic E-state index is 0.0372. The van der Waals surface area contributed by atoms with E-state index in [1.165, 1.54) is 12.3 Å². The van der Waals surface area contributed by atoms with Crippen LogP contribution in [0.2, 0.25) is 0 Å². The number of esters is 1. The molecule has 4 nitrogen and oxygen atoms in total. The van der Waals surface area contributed by atoms with E-state index >= 15 is 0 Å². The number of benzene rings is 1. The Kier molecular flexibility index (Phi) is 4.74. The van der Waals surface area contributed by atoms with E-state index < -0.39 is 17.6 Å². The third-order valence-electron chi connectivity index (χ3n) is 2.55. The first-order chi connectivity index (χ1) is 10.0. The molecule has 0 saturated carbocycles. The van der Waals surface area contributed by atoms with Gasteiger partial charge in [-0.3, -0.25) is 0 Å². The van der Waals surface area contributed by atoms with Crippen LogP contribution < -0.4 is 5.73 Å². The lowest BCUT2D eigenvalue weighted by Gasteiger charge is -2.09. The second-order valence-corrected chi connectivity index (χ2v) is 5.01. The Morgan fingerprint density at radius 2 is 2.14 bits per heavy atom. The van der Waals surface area contributed by atoms with Crippen molar-refractivity contribution in [2.45, 2.75) is 16.8 Å². The SMILES string of the molecule is CCOC(=O)c1ccnc(Sc2cc(F)ccc2F)c1N. The number of carbonyl (C=O) groups is 1. The molecule has 0 spiro atoms. The summed E-state index contributed by atoms with van der Waals surface area (Å²) >= 11 is 0.846. The molecule has 0 aliphatic rings. The fourth-order valence-corrected chi connectivity index (χ4v) is 2.46. The fraction of sp³-hybridized carbons (Fsp3) is 0.143. The van der Waals surface area contributed by atoms with E-state index in [9.17, 15) is 13.6 Å². The van der Waals surface area contributed by atoms with Gasteiger partial charge in [-0.05, 0) is 31.2 Å². The molecule has 1 heterocycles. The molecule has 1 aromatic heterocycles. The average Bonchev–Trinajstić information content (AvgIpc) is 2.45. The highest BCUT2D eigenvalue weighted by molar-refractivity contribution is 7.99. The van der Waals surface area contributed by atoms with Crippen molar-refractivity contribution in [1.29, 1.82) is 0 Å². The number of pyridine rings is 1. The lowest BCUT2D eigenvalue weighted by Crippen LogP contribution is -2.09. The monoisotopic (exact) mass is 310 g/mol. The van der Waals surface area contributed by atoms with Gasteiger partial charge in [-0.15, -0.1) is 0 Å². The third kappa shape index (κ3) is 3.49. The van der Waals surface area contributed by atoms with Crippen molar-refractivity contribution in [3.05, 3.63) is 47.7 Å². The highest BCUT2D eigenvalue weighted by Crippen LogP contribution is 2.33. The maximum absolute atomic E-state index is 13.6. The number of anilines is 1. The van der Waals surface area contributed by atoms with E-state index in [1.54, 1.807) is 6.92 Å². The lowest BCUT2D eigenvalue weighted by molar-refractivity contribution is 0.0527. The van der Waals surface area contributed by atoms with Crippen molar-refractivity contribution >= 4 is 23.4 Å². The zero-order chi connectivity index (χ0) is 15.4. The Morgan fingerprint density at radius 1 is 1.38 bits per heavy atom. The Balaban J connectivity index is 2.35. The molecule has 0 unspecified atom stereocenters. The fourth-order valence-electron chi connectivity index (χ4n) is 1.58. The molecule has 0 aliphatic heterocycles. The molecule has 2 N–H and O–H groups in total. The number of hydrogen-bond acceptors (Lipinski definition) is 5. The van der Waals surface area contributed by atoms with Crippen molar-refractivity contribution in [2.75, 3.05) is 12.3 Å². The van der Waals surface area contributed by atoms with E-state index in [-0.39, 0.29) is 27.8 Å². The molecule has 2 aromatic rings. The predicted molar refractivity (Wildman–Crippen MR) is 75.1 cm³/mol. The largest absolute Gasteiger partial charge is 0.462 e. The van der Waals surface area contributed by atoms with E-state index in [2.05, 4.69) is 4.98 Å². The number of ether oxygens (including phenoxy) is 1. The number of halogens is 2. The zero-order valence-electron chi connectivity index (χ0n) is 11.1. The van der Waals surface area contributed by atoms with Crippen molar-refractivity contribution in [1.82, 2.24) is 4.98 Å². The Morgan fingerprint density at radius 3 is 2.86 bits per heavy atom. The quantitative estimate of drug-likeness (QED) is 0.878. The molecule has 0 fully saturated rings. The Labute approximate surface area is 124 Å². The van der Waals surface area contributed by atoms with Gasteiger partial charge in [0.05, 0.1) is 22.8 Å². The molecule has 1 aromatic carbocycles. The van der Waals surface area contributed by atoms with Crippen LogP contribution in [0.5, 0.6) is 0 Å². The average molecular weight is 310 g/mol. The molecule has 0 amide bonds. The molecule has 0 aliphatic carbocycles. The van der Waals surface area contributed by atoms with Crippen LogP contribution in [0.1, 0.15) is 17.3 Å². The maximum Gasteiger partial charge on any atom is 0.340 e. The summed E-state index contributed by atoms with van der Waals surface area (Å²) in [5.41, 5.74) is 6.07. The second kappa shape index (κ2) is 6.53. The van der Waals surface area contributed by atoms with Crippen molar-refractivity contribution < 1.29 is 18.3 Å². The number of hydrogen-bond donors (Lipinski definition) is 1. The predicted octanol–water partition coefficient (Wildman–Crippen LogP) is 3.27. The number of aromatic nitrogens is 1. The van der Waals surface area contributed by atoms with Crippen molar-refractivity contribution in [3.63, 3.8) is 0 Å². The third-order valence-corrected chi connectivity index (χ3v) is 3.60. The van der Waals surface area contributed by atoms with Gasteiger partial charge in [-0.2, -0.15) is 0 Å². The molecule has 0 atom stereocenters. The van der Waals surface area contributed by atoms with Gasteiger partial charge in [0.1, 0.15) is 16.7 Å². The smallest absolute Gasteiger partial charge is 0.340 e. The summed E-state index contributed by atoms with van der Waals surface area (Å²) in [4.78, 5) is 15.7. The Bertz CT molecular complexity index is 680. The molecule has 0 bridgehead atoms. The number of nitrogens with two attached hydrogens (primary N) is 1. The number of carbonyl (C=O) groups excluding carboxylic acids is 1. The molecule has 0 saturated heterocycles. The number of rotatable bonds is 4. The lowest BCUT2D eigenvalue weighted by atomic mass is 10.2. The normalized spacial score (nSPS) is 10.4. The van der Waals surface area contributed by atoms with E-state index in [4.69, 9.17) is 10.5 Å². The maximum atomic E-state index is 13.6. The highest BCUT2D eigenvalue weighted by Gasteiger charge is 2.16. The first kappa shape index (κ1) is 15.2. The number of nitrogens with zero attached hydrogens (tertiary/aromatic N) is 1. The molecular formula is C14H12F2N2O2S. The van der Waals surface area contributed by atoms with Gasteiger partial charge in [0.15, 0.2) is 0 Å². The van der Waals surface area contributed by atoms with Gasteiger partial charge in [0.25, 0.3) is 0 Å². The molecule has 21 heavy (non-hydrogen) atoms. The van der Waals surface area contributed by atoms with E-state index in [1.807, 2.05) is 0 Å². The minimum atomic E-state index is -0.593. The van der Waals surface area contributed by atoms with Crippen LogP contribution in [0.3, 0.4) is 0 Å². The first-order valence-corrected chi connectivity index (χ1v) is 6.89. The Hall–Kier alpha value is -2.15. The summed E-state index contributed by atoms with van der Waals surface area (Å²) in [7, 11) is 0. The number of nitrogen functional groups attached to an aromatic ring is 1. The molecule has 7 heteroatoms. The summed E-state index contributed by atoms with van der Waals surface area (Å²) in [5.74, 6) is -1.75. The summed E-state index contributed by atoms with van der Waals surface area (Å²) < 4.78 is 31.6. The van der Waals surface area contributed by atoms with Gasteiger partial charge >= 0.3 is 5.97 Å². The minimum Gasteiger partial charge on any atom is -0.462 e. The van der Waals surface area contributed by atoms with Gasteiger partial charge in [0.2, 0.25) is 0 Å². The van der Waals surface area contributed by atoms with Crippen LogP contribution in [0.15, 0.2) is 40.4 Å². The van der Waals surface area contributed by atoms with E-state index in [0.29, 0.717) is 0 Å². The van der Waals surface area contributed by atoms with Gasteiger partial charge < -0.3 is 10.5 Å². The standard InChI is InChI=1S/C14H12F2N2O2S/c1-2-20-14(19)9-5-6-18-13(12(9)17)21-11-7-8(15)3-4-10(11)16/h3-7H,2,17H2,1H3. The van der Waals surface area contributed by atoms with E-state index in [0.717, 1.165) is 30.0 Å². The topological polar surface area (TPSA) is 65.2 Å². The summed E-state index contributed by atoms with van der Waals surface area (Å²) in [6.45, 7) is 1.88. The van der Waals surface area contributed by atoms with Gasteiger partial charge in [0, 0.05) is 6.20 Å². The molecular weight excluding hydrogens is 298 g/mol. The van der Waals surface area contributed by atoms with Crippen LogP contribution in [0.4, 0.5) is 14.5 Å². The van der Waals surface area contributed by atoms with Crippen LogP contribution in [-0.2, 0) is 4.74 Å². The van der Waals surface area contributed by atoms with Crippen LogP contribution in [0, 0.1) is 11.6 Å². The highest BCUT2D eigenvalue weighted by atomic mass is 32.2. The van der Waals surface area contributed by atoms with Crippen molar-refractivity contribution in [3.8, 4) is 0 Å². The summed E-state index contributed by atoms with van der Waals surface area (Å²) in [5, 5.41) is 0.213. The van der Waals surface area contributed by atoms with Crippen molar-refractivity contribution in [2.24, 2.45) is 0 Å². The molecule has 0 radical (unpaired) electrons. The molecule has 2 rings (SSSR count).